The van der Waals surface area contributed by atoms with Crippen LogP contribution in [0.25, 0.3) is 11.2 Å². The van der Waals surface area contributed by atoms with Crippen molar-refractivity contribution in [3.8, 4) is 5.75 Å². The number of nitrogens with two attached hydrogens (primary N) is 1. The summed E-state index contributed by atoms with van der Waals surface area (Å²) in [5, 5.41) is 5.41. The third kappa shape index (κ3) is 13.1. The predicted octanol–water partition coefficient (Wildman–Crippen LogP) is 5.40. The molecule has 0 bridgehead atoms. The fraction of sp³-hybridized carbons (Fsp3) is 0.459. The van der Waals surface area contributed by atoms with E-state index in [1.54, 1.807) is 55.9 Å². The number of amides is 1. The molecule has 4 rings (SSSR count). The summed E-state index contributed by atoms with van der Waals surface area (Å²) in [5.74, 6) is -0.441. The van der Waals surface area contributed by atoms with Crippen molar-refractivity contribution in [1.29, 1.82) is 0 Å². The van der Waals surface area contributed by atoms with Crippen molar-refractivity contribution in [3.63, 3.8) is 0 Å². The third-order valence-corrected chi connectivity index (χ3v) is 9.63. The van der Waals surface area contributed by atoms with Crippen LogP contribution in [0.4, 0.5) is 10.6 Å². The zero-order valence-electron chi connectivity index (χ0n) is 31.5. The molecular weight excluding hydrogens is 717 g/mol. The number of aromatic nitrogens is 4. The molecule has 0 saturated heterocycles. The summed E-state index contributed by atoms with van der Waals surface area (Å²) in [7, 11) is -3.92. The minimum absolute atomic E-state index is 0.0305. The largest absolute Gasteiger partial charge is 0.464 e. The number of ether oxygens (including phenoxy) is 4. The highest BCUT2D eigenvalue weighted by Crippen LogP contribution is 2.44. The number of benzene rings is 2. The Morgan fingerprint density at radius 3 is 2.30 bits per heavy atom. The van der Waals surface area contributed by atoms with E-state index < -0.39 is 50.1 Å². The van der Waals surface area contributed by atoms with Crippen LogP contribution in [0.3, 0.4) is 0 Å². The van der Waals surface area contributed by atoms with E-state index in [1.165, 1.54) is 13.3 Å². The van der Waals surface area contributed by atoms with E-state index in [1.807, 2.05) is 44.2 Å². The van der Waals surface area contributed by atoms with Gasteiger partial charge in [0.05, 0.1) is 31.7 Å². The monoisotopic (exact) mass is 767 g/mol. The summed E-state index contributed by atoms with van der Waals surface area (Å²) in [6, 6.07) is 13.6. The SMILES string of the molecule is CC(C)CCOC(=O)[C@H](Cc1ccc(OP(=O)(CO[C@H](C)Cn2cnc3c(N)ncnc32)N[C@@H](C)C(=O)OC(C)C)cc1)NC(=O)OCc1ccccc1. The van der Waals surface area contributed by atoms with Crippen molar-refractivity contribution in [1.82, 2.24) is 29.9 Å². The number of anilines is 1. The molecule has 17 heteroatoms. The number of nitrogen functional groups attached to an aromatic ring is 1. The molecule has 0 fully saturated rings. The first-order valence-electron chi connectivity index (χ1n) is 17.7. The van der Waals surface area contributed by atoms with Crippen LogP contribution < -0.4 is 20.7 Å². The highest BCUT2D eigenvalue weighted by molar-refractivity contribution is 7.57. The van der Waals surface area contributed by atoms with E-state index in [0.29, 0.717) is 35.6 Å². The summed E-state index contributed by atoms with van der Waals surface area (Å²) in [5.41, 5.74) is 8.33. The molecule has 292 valence electrons. The Hall–Kier alpha value is -5.05. The lowest BCUT2D eigenvalue weighted by molar-refractivity contribution is -0.149. The number of imidazole rings is 1. The maximum absolute atomic E-state index is 14.3. The number of nitrogens with zero attached hydrogens (tertiary/aromatic N) is 4. The number of carbonyl (C=O) groups is 3. The molecule has 2 heterocycles. The van der Waals surface area contributed by atoms with Gasteiger partial charge in [-0.1, -0.05) is 56.3 Å². The Bertz CT molecular complexity index is 1870. The van der Waals surface area contributed by atoms with Crippen LogP contribution in [-0.2, 0) is 52.7 Å². The van der Waals surface area contributed by atoms with E-state index in [-0.39, 0.29) is 37.3 Å². The van der Waals surface area contributed by atoms with Crippen LogP contribution in [-0.4, -0.2) is 74.8 Å². The van der Waals surface area contributed by atoms with Crippen LogP contribution in [0.2, 0.25) is 0 Å². The highest BCUT2D eigenvalue weighted by Gasteiger charge is 2.32. The molecule has 0 aliphatic rings. The zero-order valence-corrected chi connectivity index (χ0v) is 32.4. The van der Waals surface area contributed by atoms with Crippen molar-refractivity contribution in [2.45, 2.75) is 91.8 Å². The molecule has 4 aromatic rings. The fourth-order valence-electron chi connectivity index (χ4n) is 5.05. The predicted molar refractivity (Wildman–Crippen MR) is 201 cm³/mol. The summed E-state index contributed by atoms with van der Waals surface area (Å²) >= 11 is 0. The van der Waals surface area contributed by atoms with E-state index in [2.05, 4.69) is 25.4 Å². The van der Waals surface area contributed by atoms with Gasteiger partial charge in [0.1, 0.15) is 42.6 Å². The number of fused-ring (bicyclic) bond motifs is 1. The Balaban J connectivity index is 1.45. The maximum Gasteiger partial charge on any atom is 0.408 e. The van der Waals surface area contributed by atoms with Gasteiger partial charge >= 0.3 is 25.6 Å². The van der Waals surface area contributed by atoms with E-state index in [4.69, 9.17) is 29.2 Å². The van der Waals surface area contributed by atoms with Crippen LogP contribution in [0, 0.1) is 5.92 Å². The number of hydrogen-bond donors (Lipinski definition) is 3. The molecule has 16 nitrogen and oxygen atoms in total. The van der Waals surface area contributed by atoms with Crippen LogP contribution in [0.1, 0.15) is 59.1 Å². The van der Waals surface area contributed by atoms with Gasteiger partial charge in [-0.25, -0.2) is 29.6 Å². The molecule has 54 heavy (non-hydrogen) atoms. The zero-order chi connectivity index (χ0) is 39.3. The Kier molecular flexibility index (Phi) is 15.3. The van der Waals surface area contributed by atoms with E-state index >= 15 is 0 Å². The van der Waals surface area contributed by atoms with Gasteiger partial charge in [-0.15, -0.1) is 0 Å². The van der Waals surface area contributed by atoms with Crippen molar-refractivity contribution in [2.75, 3.05) is 18.7 Å². The molecule has 4 N–H and O–H groups in total. The Morgan fingerprint density at radius 2 is 1.61 bits per heavy atom. The molecule has 0 aliphatic carbocycles. The van der Waals surface area contributed by atoms with Gasteiger partial charge in [-0.2, -0.15) is 0 Å². The summed E-state index contributed by atoms with van der Waals surface area (Å²) in [4.78, 5) is 50.9. The number of esters is 2. The number of hydrogen-bond acceptors (Lipinski definition) is 13. The van der Waals surface area contributed by atoms with Gasteiger partial charge in [0.25, 0.3) is 0 Å². The van der Waals surface area contributed by atoms with Gasteiger partial charge < -0.3 is 39.1 Å². The topological polar surface area (TPSA) is 208 Å². The second-order valence-electron chi connectivity index (χ2n) is 13.5. The van der Waals surface area contributed by atoms with Gasteiger partial charge in [-0.3, -0.25) is 9.36 Å². The average Bonchev–Trinajstić information content (AvgIpc) is 3.54. The van der Waals surface area contributed by atoms with Crippen LogP contribution in [0.5, 0.6) is 5.75 Å². The van der Waals surface area contributed by atoms with Gasteiger partial charge in [-0.05, 0) is 63.3 Å². The average molecular weight is 768 g/mol. The van der Waals surface area contributed by atoms with Crippen molar-refractivity contribution < 1.29 is 42.4 Å². The van der Waals surface area contributed by atoms with Crippen molar-refractivity contribution >= 4 is 42.5 Å². The molecule has 2 aromatic carbocycles. The van der Waals surface area contributed by atoms with E-state index in [9.17, 15) is 18.9 Å². The third-order valence-electron chi connectivity index (χ3n) is 7.85. The number of nitrogens with one attached hydrogen (secondary N) is 2. The fourth-order valence-corrected chi connectivity index (χ4v) is 6.84. The van der Waals surface area contributed by atoms with Crippen molar-refractivity contribution in [2.24, 2.45) is 5.92 Å². The number of carbonyl (C=O) groups excluding carboxylic acids is 3. The molecular formula is C37H50N7O9P. The standard InChI is InChI=1S/C37H50N7O9P/c1-24(2)16-17-49-36(46)31(42-37(47)50-20-29-10-8-7-9-11-29)18-28-12-14-30(15-13-28)53-54(48,43-27(6)35(45)52-25(3)4)23-51-26(5)19-44-22-41-32-33(38)39-21-40-34(32)44/h7-15,21-22,24-27,31H,16-20,23H2,1-6H3,(H,42,47)(H,43,48)(H2,38,39,40)/t26-,27+,31+,54?/m1/s1. The number of alkyl carbamates (subject to hydrolysis) is 1. The van der Waals surface area contributed by atoms with Gasteiger partial charge in [0, 0.05) is 6.42 Å². The summed E-state index contributed by atoms with van der Waals surface area (Å²) in [6.07, 6.45) is 1.59. The maximum atomic E-state index is 14.3. The molecule has 4 atom stereocenters. The first-order chi connectivity index (χ1) is 25.7. The lowest BCUT2D eigenvalue weighted by Crippen LogP contribution is -2.43. The molecule has 0 saturated carbocycles. The highest BCUT2D eigenvalue weighted by atomic mass is 31.2. The number of rotatable bonds is 20. The summed E-state index contributed by atoms with van der Waals surface area (Å²) in [6.45, 7) is 11.3. The second kappa shape index (κ2) is 19.9. The lowest BCUT2D eigenvalue weighted by atomic mass is 10.1. The minimum Gasteiger partial charge on any atom is -0.464 e. The van der Waals surface area contributed by atoms with E-state index in [0.717, 1.165) is 5.56 Å². The second-order valence-corrected chi connectivity index (χ2v) is 15.5. The molecule has 2 aromatic heterocycles. The minimum atomic E-state index is -3.92. The smallest absolute Gasteiger partial charge is 0.408 e. The quantitative estimate of drug-likeness (QED) is 0.0585. The Morgan fingerprint density at radius 1 is 0.889 bits per heavy atom. The first-order valence-corrected chi connectivity index (χ1v) is 19.5. The normalized spacial score (nSPS) is 14.2. The first kappa shape index (κ1) is 41.7. The van der Waals surface area contributed by atoms with Gasteiger partial charge in [0.2, 0.25) is 0 Å². The molecule has 0 spiro atoms. The molecule has 0 radical (unpaired) electrons. The van der Waals surface area contributed by atoms with Crippen LogP contribution >= 0.6 is 7.52 Å². The lowest BCUT2D eigenvalue weighted by Gasteiger charge is -2.25. The summed E-state index contributed by atoms with van der Waals surface area (Å²) < 4.78 is 44.1. The van der Waals surface area contributed by atoms with Gasteiger partial charge in [0.15, 0.2) is 11.5 Å². The molecule has 0 aliphatic heterocycles. The van der Waals surface area contributed by atoms with Crippen LogP contribution in [0.15, 0.2) is 67.3 Å². The molecule has 1 unspecified atom stereocenters. The Labute approximate surface area is 315 Å². The van der Waals surface area contributed by atoms with Crippen molar-refractivity contribution in [3.05, 3.63) is 78.4 Å². The molecule has 1 amide bonds.